The average Bonchev–Trinajstić information content (AvgIpc) is 3.56. The van der Waals surface area contributed by atoms with E-state index in [0.29, 0.717) is 23.4 Å². The molecule has 1 aromatic heterocycles. The predicted molar refractivity (Wildman–Crippen MR) is 135 cm³/mol. The van der Waals surface area contributed by atoms with Crippen molar-refractivity contribution in [3.8, 4) is 0 Å². The van der Waals surface area contributed by atoms with Crippen molar-refractivity contribution >= 4 is 36.4 Å². The lowest BCUT2D eigenvalue weighted by atomic mass is 9.98. The summed E-state index contributed by atoms with van der Waals surface area (Å²) in [5, 5.41) is 3.36. The van der Waals surface area contributed by atoms with E-state index in [4.69, 9.17) is 5.73 Å². The molecular weight excluding hydrogens is 500 g/mol. The zero-order chi connectivity index (χ0) is 23.6. The Bertz CT molecular complexity index is 1060. The van der Waals surface area contributed by atoms with Crippen molar-refractivity contribution in [2.45, 2.75) is 36.6 Å². The average molecular weight is 527 g/mol. The number of hydrogen-bond donors (Lipinski definition) is 2. The number of nitrogens with one attached hydrogen (secondary N) is 1. The predicted octanol–water partition coefficient (Wildman–Crippen LogP) is 5.68. The third kappa shape index (κ3) is 6.45. The molecule has 35 heavy (non-hydrogen) atoms. The molecule has 1 saturated carbocycles. The molecular formula is C25H27Cl2F3N4O. The Kier molecular flexibility index (Phi) is 9.17. The third-order valence-electron chi connectivity index (χ3n) is 5.88. The Morgan fingerprint density at radius 2 is 1.49 bits per heavy atom. The quantitative estimate of drug-likeness (QED) is 0.415. The van der Waals surface area contributed by atoms with Gasteiger partial charge in [0, 0.05) is 7.05 Å². The topological polar surface area (TPSA) is 71.2 Å². The molecule has 188 valence electrons. The van der Waals surface area contributed by atoms with Crippen LogP contribution in [0.2, 0.25) is 0 Å². The van der Waals surface area contributed by atoms with Crippen molar-refractivity contribution in [3.05, 3.63) is 95.8 Å². The summed E-state index contributed by atoms with van der Waals surface area (Å²) in [4.78, 5) is 17.2. The summed E-state index contributed by atoms with van der Waals surface area (Å²) in [6.07, 6.45) is -2.55. The lowest BCUT2D eigenvalue weighted by Gasteiger charge is -2.31. The van der Waals surface area contributed by atoms with Crippen molar-refractivity contribution in [2.75, 3.05) is 12.4 Å². The van der Waals surface area contributed by atoms with Crippen LogP contribution in [0.3, 0.4) is 0 Å². The number of rotatable bonds is 7. The van der Waals surface area contributed by atoms with Crippen molar-refractivity contribution in [2.24, 2.45) is 5.73 Å². The van der Waals surface area contributed by atoms with Crippen LogP contribution in [0.5, 0.6) is 0 Å². The van der Waals surface area contributed by atoms with Crippen LogP contribution in [0.1, 0.15) is 41.7 Å². The smallest absolute Gasteiger partial charge is 0.373 e. The Labute approximate surface area is 214 Å². The number of hydrogen-bond acceptors (Lipinski definition) is 4. The molecule has 0 aliphatic heterocycles. The van der Waals surface area contributed by atoms with Crippen LogP contribution in [0, 0.1) is 0 Å². The van der Waals surface area contributed by atoms with Gasteiger partial charge in [0.15, 0.2) is 6.04 Å². The zero-order valence-electron chi connectivity index (χ0n) is 18.9. The summed E-state index contributed by atoms with van der Waals surface area (Å²) in [5.74, 6) is -0.720. The summed E-state index contributed by atoms with van der Waals surface area (Å²) in [6, 6.07) is 19.9. The first-order valence-corrected chi connectivity index (χ1v) is 10.6. The fourth-order valence-electron chi connectivity index (χ4n) is 3.87. The summed E-state index contributed by atoms with van der Waals surface area (Å²) in [5.41, 5.74) is 6.96. The van der Waals surface area contributed by atoms with Crippen molar-refractivity contribution in [1.29, 1.82) is 0 Å². The van der Waals surface area contributed by atoms with E-state index in [1.807, 2.05) is 60.7 Å². The van der Waals surface area contributed by atoms with Crippen molar-refractivity contribution < 1.29 is 18.0 Å². The molecule has 1 atom stereocenters. The van der Waals surface area contributed by atoms with Crippen LogP contribution < -0.4 is 11.1 Å². The lowest BCUT2D eigenvalue weighted by molar-refractivity contribution is -0.190. The minimum atomic E-state index is -4.69. The second kappa shape index (κ2) is 11.3. The van der Waals surface area contributed by atoms with E-state index in [-0.39, 0.29) is 36.5 Å². The first-order chi connectivity index (χ1) is 15.7. The van der Waals surface area contributed by atoms with Gasteiger partial charge in [0.25, 0.3) is 0 Å². The minimum absolute atomic E-state index is 0. The maximum Gasteiger partial charge on any atom is 0.414 e. The third-order valence-corrected chi connectivity index (χ3v) is 5.88. The highest BCUT2D eigenvalue weighted by atomic mass is 35.5. The summed E-state index contributed by atoms with van der Waals surface area (Å²) < 4.78 is 41.7. The highest BCUT2D eigenvalue weighted by Gasteiger charge is 2.53. The van der Waals surface area contributed by atoms with E-state index in [9.17, 15) is 18.0 Å². The normalized spacial score (nSPS) is 14.8. The van der Waals surface area contributed by atoms with Crippen LogP contribution in [-0.2, 0) is 4.79 Å². The van der Waals surface area contributed by atoms with Gasteiger partial charge < -0.3 is 16.0 Å². The maximum absolute atomic E-state index is 13.9. The number of nitrogens with zero attached hydrogens (tertiary/aromatic N) is 2. The molecule has 0 radical (unpaired) electrons. The fourth-order valence-corrected chi connectivity index (χ4v) is 3.87. The van der Waals surface area contributed by atoms with E-state index in [0.717, 1.165) is 18.2 Å². The van der Waals surface area contributed by atoms with Gasteiger partial charge in [0.05, 0.1) is 29.2 Å². The first-order valence-electron chi connectivity index (χ1n) is 10.6. The molecule has 1 heterocycles. The standard InChI is InChI=1S/C25H25F3N4O.2ClH/c1-32(23(33)24(29)14-15-24)22(25(26,27)28)20-13-12-19(16-30-20)31-21(17-8-4-2-5-9-17)18-10-6-3-7-11-18;;/h2-13,16,21-22,31H,14-15,29H2,1H3;2*1H. The molecule has 1 unspecified atom stereocenters. The number of pyridine rings is 1. The van der Waals surface area contributed by atoms with Gasteiger partial charge in [-0.1, -0.05) is 60.7 Å². The monoisotopic (exact) mass is 526 g/mol. The first kappa shape index (κ1) is 28.4. The van der Waals surface area contributed by atoms with Crippen LogP contribution in [0.15, 0.2) is 79.0 Å². The molecule has 2 aromatic carbocycles. The molecule has 3 aromatic rings. The highest BCUT2D eigenvalue weighted by Crippen LogP contribution is 2.41. The highest BCUT2D eigenvalue weighted by molar-refractivity contribution is 5.89. The number of likely N-dealkylation sites (N-methyl/N-ethyl adjacent to an activating group) is 1. The number of anilines is 1. The van der Waals surface area contributed by atoms with E-state index in [2.05, 4.69) is 10.3 Å². The Balaban J connectivity index is 0.00000216. The van der Waals surface area contributed by atoms with Gasteiger partial charge in [-0.05, 0) is 36.1 Å². The van der Waals surface area contributed by atoms with Crippen molar-refractivity contribution in [3.63, 3.8) is 0 Å². The number of nitrogens with two attached hydrogens (primary N) is 1. The number of halogens is 5. The second-order valence-electron chi connectivity index (χ2n) is 8.39. The summed E-state index contributed by atoms with van der Waals surface area (Å²) in [7, 11) is 1.13. The second-order valence-corrected chi connectivity index (χ2v) is 8.39. The Morgan fingerprint density at radius 1 is 0.971 bits per heavy atom. The van der Waals surface area contributed by atoms with Gasteiger partial charge in [-0.25, -0.2) is 0 Å². The molecule has 0 saturated heterocycles. The molecule has 0 spiro atoms. The molecule has 1 aliphatic carbocycles. The SMILES string of the molecule is CN(C(=O)C1(N)CC1)C(c1ccc(NC(c2ccccc2)c2ccccc2)cn1)C(F)(F)F.Cl.Cl. The number of aromatic nitrogens is 1. The zero-order valence-corrected chi connectivity index (χ0v) is 20.5. The lowest BCUT2D eigenvalue weighted by Crippen LogP contribution is -2.49. The molecule has 4 rings (SSSR count). The van der Waals surface area contributed by atoms with E-state index >= 15 is 0 Å². The van der Waals surface area contributed by atoms with Gasteiger partial charge in [0.1, 0.15) is 0 Å². The number of alkyl halides is 3. The van der Waals surface area contributed by atoms with Gasteiger partial charge in [0.2, 0.25) is 5.91 Å². The summed E-state index contributed by atoms with van der Waals surface area (Å²) >= 11 is 0. The molecule has 10 heteroatoms. The number of carbonyl (C=O) groups is 1. The van der Waals surface area contributed by atoms with E-state index in [1.54, 1.807) is 6.07 Å². The Morgan fingerprint density at radius 3 is 1.89 bits per heavy atom. The van der Waals surface area contributed by atoms with Gasteiger partial charge >= 0.3 is 6.18 Å². The van der Waals surface area contributed by atoms with Crippen LogP contribution in [0.25, 0.3) is 0 Å². The molecule has 5 nitrogen and oxygen atoms in total. The fraction of sp³-hybridized carbons (Fsp3) is 0.280. The van der Waals surface area contributed by atoms with Crippen LogP contribution in [0.4, 0.5) is 18.9 Å². The van der Waals surface area contributed by atoms with Crippen LogP contribution >= 0.6 is 24.8 Å². The van der Waals surface area contributed by atoms with Gasteiger partial charge in [-0.2, -0.15) is 13.2 Å². The molecule has 1 fully saturated rings. The molecule has 1 amide bonds. The van der Waals surface area contributed by atoms with Gasteiger partial charge in [-0.3, -0.25) is 9.78 Å². The van der Waals surface area contributed by atoms with Crippen LogP contribution in [-0.4, -0.2) is 34.6 Å². The molecule has 0 bridgehead atoms. The van der Waals surface area contributed by atoms with E-state index < -0.39 is 23.7 Å². The minimum Gasteiger partial charge on any atom is -0.373 e. The van der Waals surface area contributed by atoms with Crippen molar-refractivity contribution in [1.82, 2.24) is 9.88 Å². The molecule has 3 N–H and O–H groups in total. The summed E-state index contributed by atoms with van der Waals surface area (Å²) in [6.45, 7) is 0. The number of carbonyl (C=O) groups excluding carboxylic acids is 1. The maximum atomic E-state index is 13.9. The molecule has 1 aliphatic rings. The van der Waals surface area contributed by atoms with Gasteiger partial charge in [-0.15, -0.1) is 24.8 Å². The largest absolute Gasteiger partial charge is 0.414 e. The number of benzene rings is 2. The van der Waals surface area contributed by atoms with E-state index in [1.165, 1.54) is 12.3 Å². The Hall–Kier alpha value is -2.81. The number of amides is 1.